The summed E-state index contributed by atoms with van der Waals surface area (Å²) in [7, 11) is 1.04. The van der Waals surface area contributed by atoms with Crippen LogP contribution in [0, 0.1) is 5.92 Å². The molecule has 1 fully saturated rings. The van der Waals surface area contributed by atoms with Crippen molar-refractivity contribution in [3.05, 3.63) is 28.7 Å². The van der Waals surface area contributed by atoms with Crippen molar-refractivity contribution in [3.63, 3.8) is 0 Å². The molecule has 0 aliphatic heterocycles. The number of hydrogen-bond donors (Lipinski definition) is 1. The van der Waals surface area contributed by atoms with E-state index >= 15 is 0 Å². The molecule has 0 radical (unpaired) electrons. The third-order valence-corrected chi connectivity index (χ3v) is 6.57. The van der Waals surface area contributed by atoms with Gasteiger partial charge in [0.25, 0.3) is 0 Å². The highest BCUT2D eigenvalue weighted by atomic mass is 79.9. The Morgan fingerprint density at radius 3 is 2.72 bits per heavy atom. The Balaban J connectivity index is 2.23. The van der Waals surface area contributed by atoms with Gasteiger partial charge in [-0.25, -0.2) is 0 Å². The Bertz CT molecular complexity index is 438. The van der Waals surface area contributed by atoms with Crippen LogP contribution in [0.2, 0.25) is 0 Å². The predicted octanol–water partition coefficient (Wildman–Crippen LogP) is 3.33. The third kappa shape index (κ3) is 3.03. The lowest BCUT2D eigenvalue weighted by Gasteiger charge is -2.34. The van der Waals surface area contributed by atoms with E-state index in [2.05, 4.69) is 28.2 Å². The Hall–Kier alpha value is -0.190. The summed E-state index contributed by atoms with van der Waals surface area (Å²) in [6.45, 7) is 2.26. The maximum absolute atomic E-state index is 12.8. The molecule has 0 spiro atoms. The molecule has 0 heterocycles. The first kappa shape index (κ1) is 14.2. The first-order valence-corrected chi connectivity index (χ1v) is 8.46. The van der Waals surface area contributed by atoms with E-state index in [1.165, 1.54) is 6.42 Å². The quantitative estimate of drug-likeness (QED) is 0.921. The Labute approximate surface area is 120 Å². The summed E-state index contributed by atoms with van der Waals surface area (Å²) in [5.74, 6) is 0.672. The molecule has 1 saturated carbocycles. The molecule has 4 unspecified atom stereocenters. The van der Waals surface area contributed by atoms with Gasteiger partial charge in [-0.2, -0.15) is 0 Å². The lowest BCUT2D eigenvalue weighted by molar-refractivity contribution is 0.325. The van der Waals surface area contributed by atoms with Crippen LogP contribution in [0.5, 0.6) is 0 Å². The lowest BCUT2D eigenvalue weighted by Crippen LogP contribution is -2.44. The molecule has 100 valence electrons. The number of hydrogen-bond acceptors (Lipinski definition) is 2. The van der Waals surface area contributed by atoms with Gasteiger partial charge in [-0.15, -0.1) is 0 Å². The van der Waals surface area contributed by atoms with Gasteiger partial charge >= 0.3 is 0 Å². The van der Waals surface area contributed by atoms with Crippen LogP contribution in [0.4, 0.5) is 0 Å². The molecule has 1 N–H and O–H groups in total. The highest BCUT2D eigenvalue weighted by Gasteiger charge is 2.33. The largest absolute Gasteiger partial charge is 0.316 e. The smallest absolute Gasteiger partial charge is 0.0588 e. The Morgan fingerprint density at radius 1 is 1.33 bits per heavy atom. The highest BCUT2D eigenvalue weighted by molar-refractivity contribution is 9.10. The van der Waals surface area contributed by atoms with E-state index in [9.17, 15) is 4.21 Å². The second kappa shape index (κ2) is 6.31. The monoisotopic (exact) mass is 329 g/mol. The van der Waals surface area contributed by atoms with Gasteiger partial charge in [0, 0.05) is 10.5 Å². The van der Waals surface area contributed by atoms with E-state index in [1.54, 1.807) is 0 Å². The van der Waals surface area contributed by atoms with Crippen LogP contribution in [-0.4, -0.2) is 22.5 Å². The molecule has 18 heavy (non-hydrogen) atoms. The van der Waals surface area contributed by atoms with Crippen LogP contribution in [0.1, 0.15) is 26.2 Å². The fraction of sp³-hybridized carbons (Fsp3) is 0.571. The summed E-state index contributed by atoms with van der Waals surface area (Å²) in [6.07, 6.45) is 3.40. The summed E-state index contributed by atoms with van der Waals surface area (Å²) < 4.78 is 13.7. The first-order valence-electron chi connectivity index (χ1n) is 6.46. The van der Waals surface area contributed by atoms with Crippen molar-refractivity contribution in [1.29, 1.82) is 0 Å². The van der Waals surface area contributed by atoms with Gasteiger partial charge in [0.15, 0.2) is 0 Å². The molecule has 1 aliphatic carbocycles. The minimum absolute atomic E-state index is 0.220. The van der Waals surface area contributed by atoms with Crippen molar-refractivity contribution >= 4 is 26.7 Å². The predicted molar refractivity (Wildman–Crippen MR) is 80.2 cm³/mol. The molecule has 2 rings (SSSR count). The van der Waals surface area contributed by atoms with Crippen LogP contribution in [0.25, 0.3) is 0 Å². The molecule has 4 atom stereocenters. The fourth-order valence-electron chi connectivity index (χ4n) is 2.67. The maximum Gasteiger partial charge on any atom is 0.0588 e. The van der Waals surface area contributed by atoms with Crippen molar-refractivity contribution in [2.45, 2.75) is 42.4 Å². The van der Waals surface area contributed by atoms with Gasteiger partial charge in [-0.05, 0) is 60.3 Å². The van der Waals surface area contributed by atoms with E-state index in [1.807, 2.05) is 31.3 Å². The SMILES string of the molecule is CNC1CCC(C)CC1S(=O)c1ccccc1Br. The van der Waals surface area contributed by atoms with Crippen molar-refractivity contribution < 1.29 is 4.21 Å². The summed E-state index contributed by atoms with van der Waals surface area (Å²) in [4.78, 5) is 0.928. The topological polar surface area (TPSA) is 29.1 Å². The number of rotatable bonds is 3. The molecule has 1 aromatic rings. The van der Waals surface area contributed by atoms with E-state index in [0.717, 1.165) is 22.2 Å². The molecule has 0 bridgehead atoms. The summed E-state index contributed by atoms with van der Waals surface area (Å²) in [6, 6.07) is 8.22. The minimum atomic E-state index is -0.941. The molecule has 2 nitrogen and oxygen atoms in total. The average Bonchev–Trinajstić information content (AvgIpc) is 2.38. The molecule has 1 aliphatic rings. The minimum Gasteiger partial charge on any atom is -0.316 e. The van der Waals surface area contributed by atoms with Crippen molar-refractivity contribution in [2.24, 2.45) is 5.92 Å². The molecule has 0 amide bonds. The zero-order valence-corrected chi connectivity index (χ0v) is 13.3. The second-order valence-corrected chi connectivity index (χ2v) is 7.57. The van der Waals surface area contributed by atoms with Crippen molar-refractivity contribution in [1.82, 2.24) is 5.32 Å². The van der Waals surface area contributed by atoms with Gasteiger partial charge in [0.2, 0.25) is 0 Å². The van der Waals surface area contributed by atoms with Crippen LogP contribution < -0.4 is 5.32 Å². The summed E-state index contributed by atoms with van der Waals surface area (Å²) in [5, 5.41) is 3.56. The lowest BCUT2D eigenvalue weighted by atomic mass is 9.87. The van der Waals surface area contributed by atoms with Gasteiger partial charge in [-0.3, -0.25) is 4.21 Å². The number of benzene rings is 1. The number of nitrogens with one attached hydrogen (secondary N) is 1. The normalized spacial score (nSPS) is 30.1. The fourth-order valence-corrected chi connectivity index (χ4v) is 5.30. The third-order valence-electron chi connectivity index (χ3n) is 3.75. The molecular formula is C14H20BrNOS. The number of halogens is 1. The first-order chi connectivity index (χ1) is 8.63. The highest BCUT2D eigenvalue weighted by Crippen LogP contribution is 2.32. The molecule has 1 aromatic carbocycles. The van der Waals surface area contributed by atoms with Gasteiger partial charge in [0.1, 0.15) is 0 Å². The second-order valence-electron chi connectivity index (χ2n) is 5.08. The van der Waals surface area contributed by atoms with Crippen LogP contribution in [0.15, 0.2) is 33.6 Å². The zero-order chi connectivity index (χ0) is 13.1. The summed E-state index contributed by atoms with van der Waals surface area (Å²) >= 11 is 3.51. The van der Waals surface area contributed by atoms with Crippen molar-refractivity contribution in [3.8, 4) is 0 Å². The van der Waals surface area contributed by atoms with Crippen LogP contribution >= 0.6 is 15.9 Å². The van der Waals surface area contributed by atoms with Gasteiger partial charge in [-0.1, -0.05) is 19.1 Å². The maximum atomic E-state index is 12.8. The van der Waals surface area contributed by atoms with E-state index in [0.29, 0.717) is 12.0 Å². The average molecular weight is 330 g/mol. The van der Waals surface area contributed by atoms with E-state index in [-0.39, 0.29) is 5.25 Å². The van der Waals surface area contributed by atoms with E-state index in [4.69, 9.17) is 0 Å². The van der Waals surface area contributed by atoms with Crippen LogP contribution in [-0.2, 0) is 10.8 Å². The van der Waals surface area contributed by atoms with Crippen molar-refractivity contribution in [2.75, 3.05) is 7.05 Å². The molecule has 4 heteroatoms. The molecule has 0 aromatic heterocycles. The standard InChI is InChI=1S/C14H20BrNOS/c1-10-7-8-12(16-2)14(9-10)18(17)13-6-4-3-5-11(13)15/h3-6,10,12,14,16H,7-9H2,1-2H3. The molecular weight excluding hydrogens is 310 g/mol. The Kier molecular flexibility index (Phi) is 4.98. The van der Waals surface area contributed by atoms with Crippen LogP contribution in [0.3, 0.4) is 0 Å². The molecule has 0 saturated heterocycles. The zero-order valence-electron chi connectivity index (χ0n) is 10.9. The van der Waals surface area contributed by atoms with Gasteiger partial charge in [0.05, 0.1) is 20.9 Å². The Morgan fingerprint density at radius 2 is 2.06 bits per heavy atom. The van der Waals surface area contributed by atoms with Gasteiger partial charge < -0.3 is 5.32 Å². The van der Waals surface area contributed by atoms with E-state index < -0.39 is 10.8 Å². The summed E-state index contributed by atoms with van der Waals surface area (Å²) in [5.41, 5.74) is 0.